The fraction of sp³-hybridized carbons (Fsp3) is 0.133. The number of halogens is 2. The van der Waals surface area contributed by atoms with Crippen LogP contribution in [0.15, 0.2) is 48.5 Å². The summed E-state index contributed by atoms with van der Waals surface area (Å²) in [6, 6.07) is 12.8. The van der Waals surface area contributed by atoms with Crippen molar-refractivity contribution in [2.45, 2.75) is 12.3 Å². The summed E-state index contributed by atoms with van der Waals surface area (Å²) in [6.45, 7) is 0. The van der Waals surface area contributed by atoms with Crippen LogP contribution in [0.25, 0.3) is 0 Å². The number of carboxylic acids is 1. The zero-order valence-corrected chi connectivity index (χ0v) is 10.8. The molecule has 2 aromatic rings. The molecule has 2 aromatic carbocycles. The van der Waals surface area contributed by atoms with Gasteiger partial charge in [-0.25, -0.2) is 4.39 Å². The second-order valence-corrected chi connectivity index (χ2v) is 4.68. The Balaban J connectivity index is 2.29. The Hall–Kier alpha value is -1.87. The van der Waals surface area contributed by atoms with Gasteiger partial charge in [-0.05, 0) is 30.2 Å². The van der Waals surface area contributed by atoms with Crippen molar-refractivity contribution in [3.8, 4) is 0 Å². The molecule has 0 aliphatic heterocycles. The maximum Gasteiger partial charge on any atom is 0.311 e. The van der Waals surface area contributed by atoms with E-state index < -0.39 is 17.7 Å². The van der Waals surface area contributed by atoms with Crippen molar-refractivity contribution in [2.75, 3.05) is 0 Å². The normalized spacial score (nSPS) is 12.1. The van der Waals surface area contributed by atoms with Crippen molar-refractivity contribution in [2.24, 2.45) is 0 Å². The smallest absolute Gasteiger partial charge is 0.311 e. The second kappa shape index (κ2) is 5.85. The molecule has 0 heterocycles. The van der Waals surface area contributed by atoms with Gasteiger partial charge in [0.1, 0.15) is 5.82 Å². The number of benzene rings is 2. The van der Waals surface area contributed by atoms with Gasteiger partial charge in [0.15, 0.2) is 0 Å². The lowest BCUT2D eigenvalue weighted by Gasteiger charge is -2.13. The molecule has 0 saturated carbocycles. The molecule has 0 bridgehead atoms. The van der Waals surface area contributed by atoms with Crippen LogP contribution in [0.4, 0.5) is 4.39 Å². The van der Waals surface area contributed by atoms with Crippen LogP contribution < -0.4 is 0 Å². The molecule has 0 saturated heterocycles. The third kappa shape index (κ3) is 3.32. The van der Waals surface area contributed by atoms with Crippen LogP contribution in [0, 0.1) is 5.82 Å². The predicted octanol–water partition coefficient (Wildman–Crippen LogP) is 3.89. The van der Waals surface area contributed by atoms with Crippen LogP contribution in [0.2, 0.25) is 5.02 Å². The number of carbonyl (C=O) groups is 1. The highest BCUT2D eigenvalue weighted by atomic mass is 35.5. The minimum absolute atomic E-state index is 0.199. The van der Waals surface area contributed by atoms with E-state index in [1.54, 1.807) is 36.4 Å². The fourth-order valence-corrected chi connectivity index (χ4v) is 2.07. The van der Waals surface area contributed by atoms with Crippen LogP contribution in [-0.2, 0) is 11.2 Å². The van der Waals surface area contributed by atoms with Crippen LogP contribution in [0.5, 0.6) is 0 Å². The molecular formula is C15H12ClFO2. The van der Waals surface area contributed by atoms with Crippen molar-refractivity contribution in [3.05, 3.63) is 70.5 Å². The first-order valence-electron chi connectivity index (χ1n) is 5.79. The maximum absolute atomic E-state index is 13.7. The van der Waals surface area contributed by atoms with E-state index in [1.165, 1.54) is 12.1 Å². The molecule has 98 valence electrons. The Kier molecular flexibility index (Phi) is 4.17. The molecule has 0 amide bonds. The summed E-state index contributed by atoms with van der Waals surface area (Å²) in [6.07, 6.45) is 0.230. The summed E-state index contributed by atoms with van der Waals surface area (Å²) in [5.41, 5.74) is 1.00. The van der Waals surface area contributed by atoms with Crippen molar-refractivity contribution >= 4 is 17.6 Å². The van der Waals surface area contributed by atoms with Gasteiger partial charge in [0.25, 0.3) is 0 Å². The summed E-state index contributed by atoms with van der Waals surface area (Å²) in [4.78, 5) is 11.3. The van der Waals surface area contributed by atoms with E-state index >= 15 is 0 Å². The first kappa shape index (κ1) is 13.6. The standard InChI is InChI=1S/C15H12ClFO2/c16-11-7-5-10(6-8-11)9-13(15(18)19)12-3-1-2-4-14(12)17/h1-8,13H,9H2,(H,18,19). The molecule has 0 aromatic heterocycles. The average molecular weight is 279 g/mol. The molecule has 1 N–H and O–H groups in total. The van der Waals surface area contributed by atoms with Crippen molar-refractivity contribution in [1.82, 2.24) is 0 Å². The Labute approximate surface area is 115 Å². The Bertz CT molecular complexity index is 581. The molecule has 0 aliphatic rings. The lowest BCUT2D eigenvalue weighted by molar-refractivity contribution is -0.138. The first-order valence-corrected chi connectivity index (χ1v) is 6.17. The van der Waals surface area contributed by atoms with Gasteiger partial charge >= 0.3 is 5.97 Å². The summed E-state index contributed by atoms with van der Waals surface area (Å²) >= 11 is 5.78. The molecule has 2 rings (SSSR count). The Morgan fingerprint density at radius 2 is 1.79 bits per heavy atom. The highest BCUT2D eigenvalue weighted by Gasteiger charge is 2.23. The highest BCUT2D eigenvalue weighted by molar-refractivity contribution is 6.30. The molecule has 0 spiro atoms. The maximum atomic E-state index is 13.7. The number of rotatable bonds is 4. The molecule has 2 nitrogen and oxygen atoms in total. The molecule has 1 unspecified atom stereocenters. The van der Waals surface area contributed by atoms with Crippen LogP contribution in [-0.4, -0.2) is 11.1 Å². The lowest BCUT2D eigenvalue weighted by atomic mass is 9.92. The molecule has 0 fully saturated rings. The van der Waals surface area contributed by atoms with Gasteiger partial charge in [0.2, 0.25) is 0 Å². The number of aliphatic carboxylic acids is 1. The predicted molar refractivity (Wildman–Crippen MR) is 71.9 cm³/mol. The van der Waals surface area contributed by atoms with Gasteiger partial charge in [0, 0.05) is 10.6 Å². The monoisotopic (exact) mass is 278 g/mol. The van der Waals surface area contributed by atoms with Crippen molar-refractivity contribution in [1.29, 1.82) is 0 Å². The minimum atomic E-state index is -1.04. The van der Waals surface area contributed by atoms with Gasteiger partial charge < -0.3 is 5.11 Å². The molecule has 0 aliphatic carbocycles. The first-order chi connectivity index (χ1) is 9.08. The van der Waals surface area contributed by atoms with E-state index in [1.807, 2.05) is 0 Å². The van der Waals surface area contributed by atoms with E-state index in [0.717, 1.165) is 5.56 Å². The number of hydrogen-bond acceptors (Lipinski definition) is 1. The highest BCUT2D eigenvalue weighted by Crippen LogP contribution is 2.24. The van der Waals surface area contributed by atoms with E-state index in [0.29, 0.717) is 5.02 Å². The molecular weight excluding hydrogens is 267 g/mol. The fourth-order valence-electron chi connectivity index (χ4n) is 1.94. The zero-order chi connectivity index (χ0) is 13.8. The van der Waals surface area contributed by atoms with Crippen molar-refractivity contribution in [3.63, 3.8) is 0 Å². The SMILES string of the molecule is O=C(O)C(Cc1ccc(Cl)cc1)c1ccccc1F. The summed E-state index contributed by atoms with van der Waals surface area (Å²) in [5.74, 6) is -2.44. The van der Waals surface area contributed by atoms with Crippen LogP contribution >= 0.6 is 11.6 Å². The van der Waals surface area contributed by atoms with Crippen LogP contribution in [0.3, 0.4) is 0 Å². The van der Waals surface area contributed by atoms with Crippen molar-refractivity contribution < 1.29 is 14.3 Å². The summed E-state index contributed by atoms with van der Waals surface area (Å²) < 4.78 is 13.7. The lowest BCUT2D eigenvalue weighted by Crippen LogP contribution is -2.15. The van der Waals surface area contributed by atoms with Gasteiger partial charge in [-0.2, -0.15) is 0 Å². The van der Waals surface area contributed by atoms with Gasteiger partial charge in [-0.1, -0.05) is 41.9 Å². The van der Waals surface area contributed by atoms with E-state index in [9.17, 15) is 14.3 Å². The zero-order valence-electron chi connectivity index (χ0n) is 10.0. The van der Waals surface area contributed by atoms with E-state index in [4.69, 9.17) is 11.6 Å². The number of carboxylic acid groups (broad SMARTS) is 1. The summed E-state index contributed by atoms with van der Waals surface area (Å²) in [5, 5.41) is 9.86. The molecule has 1 atom stereocenters. The second-order valence-electron chi connectivity index (χ2n) is 4.24. The van der Waals surface area contributed by atoms with Gasteiger partial charge in [-0.15, -0.1) is 0 Å². The average Bonchev–Trinajstić information content (AvgIpc) is 2.39. The van der Waals surface area contributed by atoms with Gasteiger partial charge in [-0.3, -0.25) is 4.79 Å². The Morgan fingerprint density at radius 1 is 1.16 bits per heavy atom. The number of hydrogen-bond donors (Lipinski definition) is 1. The molecule has 0 radical (unpaired) electrons. The topological polar surface area (TPSA) is 37.3 Å². The molecule has 19 heavy (non-hydrogen) atoms. The Morgan fingerprint density at radius 3 is 2.37 bits per heavy atom. The van der Waals surface area contributed by atoms with Crippen LogP contribution in [0.1, 0.15) is 17.0 Å². The van der Waals surface area contributed by atoms with E-state index in [2.05, 4.69) is 0 Å². The minimum Gasteiger partial charge on any atom is -0.481 e. The van der Waals surface area contributed by atoms with E-state index in [-0.39, 0.29) is 12.0 Å². The molecule has 4 heteroatoms. The third-order valence-electron chi connectivity index (χ3n) is 2.93. The third-order valence-corrected chi connectivity index (χ3v) is 3.18. The van der Waals surface area contributed by atoms with Gasteiger partial charge in [0.05, 0.1) is 5.92 Å². The largest absolute Gasteiger partial charge is 0.481 e. The summed E-state index contributed by atoms with van der Waals surface area (Å²) in [7, 11) is 0. The quantitative estimate of drug-likeness (QED) is 0.921.